The molecule has 3 N–H and O–H groups in total. The molecule has 178 valence electrons. The first-order valence-corrected chi connectivity index (χ1v) is 12.3. The van der Waals surface area contributed by atoms with Crippen LogP contribution in [-0.2, 0) is 11.3 Å². The number of hydrogen-bond acceptors (Lipinski definition) is 4. The van der Waals surface area contributed by atoms with Gasteiger partial charge in [-0.25, -0.2) is 0 Å². The zero-order chi connectivity index (χ0) is 23.6. The average Bonchev–Trinajstić information content (AvgIpc) is 3.34. The van der Waals surface area contributed by atoms with Gasteiger partial charge in [-0.1, -0.05) is 30.7 Å². The molecule has 1 fully saturated rings. The van der Waals surface area contributed by atoms with Gasteiger partial charge in [-0.05, 0) is 74.5 Å². The van der Waals surface area contributed by atoms with Crippen LogP contribution in [0.2, 0.25) is 0 Å². The number of unbranched alkanes of at least 4 members (excludes halogenated alkanes) is 1. The molecule has 0 aromatic carbocycles. The van der Waals surface area contributed by atoms with Gasteiger partial charge in [0.15, 0.2) is 0 Å². The third kappa shape index (κ3) is 7.55. The fraction of sp³-hybridized carbons (Fsp3) is 0.571. The zero-order valence-electron chi connectivity index (χ0n) is 19.9. The Morgan fingerprint density at radius 2 is 2.12 bits per heavy atom. The Labute approximate surface area is 198 Å². The summed E-state index contributed by atoms with van der Waals surface area (Å²) in [4.78, 5) is 16.1. The molecule has 1 saturated carbocycles. The Bertz CT molecular complexity index is 883. The van der Waals surface area contributed by atoms with Crippen LogP contribution < -0.4 is 5.32 Å². The number of hydrogen-bond donors (Lipinski definition) is 3. The van der Waals surface area contributed by atoms with Crippen LogP contribution in [-0.4, -0.2) is 33.3 Å². The van der Waals surface area contributed by atoms with E-state index in [-0.39, 0.29) is 23.8 Å². The van der Waals surface area contributed by atoms with Crippen molar-refractivity contribution in [2.24, 2.45) is 23.7 Å². The van der Waals surface area contributed by atoms with Gasteiger partial charge in [0.25, 0.3) is 0 Å². The predicted octanol–water partition coefficient (Wildman–Crippen LogP) is 4.17. The van der Waals surface area contributed by atoms with Gasteiger partial charge in [0.05, 0.1) is 12.2 Å². The Morgan fingerprint density at radius 1 is 1.33 bits per heavy atom. The SMILES string of the molecule is CC#CC[C@@H](C)[C@H](O)/C=C/[C@@H]1[C@H]2CC(CCCCC(=O)NCc3ccncc3)=C[C@H]2C[C@H]1O. The Hall–Kier alpha value is -2.42. The summed E-state index contributed by atoms with van der Waals surface area (Å²) in [6.45, 7) is 4.36. The summed E-state index contributed by atoms with van der Waals surface area (Å²) >= 11 is 0. The molecule has 3 rings (SSSR count). The highest BCUT2D eigenvalue weighted by atomic mass is 16.3. The van der Waals surface area contributed by atoms with Crippen molar-refractivity contribution >= 4 is 5.91 Å². The minimum atomic E-state index is -0.532. The highest BCUT2D eigenvalue weighted by Crippen LogP contribution is 2.48. The fourth-order valence-electron chi connectivity index (χ4n) is 5.03. The van der Waals surface area contributed by atoms with E-state index < -0.39 is 6.10 Å². The third-order valence-corrected chi connectivity index (χ3v) is 7.06. The van der Waals surface area contributed by atoms with Crippen LogP contribution in [0.1, 0.15) is 64.4 Å². The lowest BCUT2D eigenvalue weighted by Gasteiger charge is -2.20. The average molecular weight is 451 g/mol. The van der Waals surface area contributed by atoms with E-state index in [2.05, 4.69) is 28.2 Å². The van der Waals surface area contributed by atoms with E-state index in [1.807, 2.05) is 38.1 Å². The van der Waals surface area contributed by atoms with Crippen molar-refractivity contribution in [3.8, 4) is 11.8 Å². The molecule has 5 heteroatoms. The first kappa shape index (κ1) is 25.2. The molecular weight excluding hydrogens is 412 g/mol. The van der Waals surface area contributed by atoms with Crippen LogP contribution in [0, 0.1) is 35.5 Å². The molecule has 33 heavy (non-hydrogen) atoms. The predicted molar refractivity (Wildman–Crippen MR) is 131 cm³/mol. The van der Waals surface area contributed by atoms with E-state index >= 15 is 0 Å². The van der Waals surface area contributed by atoms with Crippen LogP contribution in [0.25, 0.3) is 0 Å². The number of carbonyl (C=O) groups is 1. The highest BCUT2D eigenvalue weighted by Gasteiger charge is 2.43. The number of nitrogens with zero attached hydrogens (tertiary/aromatic N) is 1. The third-order valence-electron chi connectivity index (χ3n) is 7.06. The Kier molecular flexibility index (Phi) is 9.72. The van der Waals surface area contributed by atoms with Crippen LogP contribution in [0.5, 0.6) is 0 Å². The van der Waals surface area contributed by atoms with E-state index in [0.29, 0.717) is 31.2 Å². The largest absolute Gasteiger partial charge is 0.392 e. The number of carbonyl (C=O) groups excluding carboxylic acids is 1. The molecule has 2 aliphatic carbocycles. The fourth-order valence-corrected chi connectivity index (χ4v) is 5.03. The monoisotopic (exact) mass is 450 g/mol. The van der Waals surface area contributed by atoms with Crippen LogP contribution >= 0.6 is 0 Å². The highest BCUT2D eigenvalue weighted by molar-refractivity contribution is 5.75. The topological polar surface area (TPSA) is 82.5 Å². The van der Waals surface area contributed by atoms with E-state index in [0.717, 1.165) is 37.7 Å². The number of pyridine rings is 1. The van der Waals surface area contributed by atoms with Crippen molar-refractivity contribution in [3.05, 3.63) is 53.9 Å². The lowest BCUT2D eigenvalue weighted by atomic mass is 9.88. The van der Waals surface area contributed by atoms with Gasteiger partial charge in [0, 0.05) is 37.7 Å². The van der Waals surface area contributed by atoms with Gasteiger partial charge in [0.1, 0.15) is 0 Å². The first-order chi connectivity index (χ1) is 16.0. The van der Waals surface area contributed by atoms with Crippen LogP contribution in [0.3, 0.4) is 0 Å². The minimum absolute atomic E-state index is 0.0854. The Balaban J connectivity index is 1.37. The first-order valence-electron chi connectivity index (χ1n) is 12.3. The second-order valence-electron chi connectivity index (χ2n) is 9.56. The zero-order valence-corrected chi connectivity index (χ0v) is 19.9. The molecule has 1 aromatic rings. The summed E-state index contributed by atoms with van der Waals surface area (Å²) in [5, 5.41) is 23.9. The van der Waals surface area contributed by atoms with Gasteiger partial charge in [-0.2, -0.15) is 0 Å². The van der Waals surface area contributed by atoms with Crippen molar-refractivity contribution in [1.82, 2.24) is 10.3 Å². The number of aliphatic hydroxyl groups excluding tert-OH is 2. The van der Waals surface area contributed by atoms with E-state index in [1.165, 1.54) is 5.57 Å². The standard InChI is InChI=1S/C28H38N2O3/c1-3-4-7-20(2)26(31)11-10-24-25-17-22(16-23(25)18-27(24)32)8-5-6-9-28(33)30-19-21-12-14-29-15-13-21/h10-16,20,23-27,31-32H,5-9,17-19H2,1-2H3,(H,30,33)/b11-10+/t20-,23+,24-,25+,26-,27-/m1/s1. The number of rotatable bonds is 11. The molecule has 0 aliphatic heterocycles. The summed E-state index contributed by atoms with van der Waals surface area (Å²) in [6.07, 6.45) is 14.8. The molecule has 0 spiro atoms. The number of fused-ring (bicyclic) bond motifs is 1. The summed E-state index contributed by atoms with van der Waals surface area (Å²) in [5.41, 5.74) is 2.52. The molecule has 0 unspecified atom stereocenters. The summed E-state index contributed by atoms with van der Waals surface area (Å²) in [5.74, 6) is 7.03. The maximum atomic E-state index is 12.1. The number of amides is 1. The van der Waals surface area contributed by atoms with E-state index in [1.54, 1.807) is 12.4 Å². The van der Waals surface area contributed by atoms with Gasteiger partial charge >= 0.3 is 0 Å². The molecule has 1 heterocycles. The second-order valence-corrected chi connectivity index (χ2v) is 9.56. The smallest absolute Gasteiger partial charge is 0.220 e. The van der Waals surface area contributed by atoms with Crippen LogP contribution in [0.4, 0.5) is 0 Å². The lowest BCUT2D eigenvalue weighted by molar-refractivity contribution is -0.121. The maximum absolute atomic E-state index is 12.1. The maximum Gasteiger partial charge on any atom is 0.220 e. The molecular formula is C28H38N2O3. The van der Waals surface area contributed by atoms with Gasteiger partial charge in [-0.3, -0.25) is 9.78 Å². The number of aromatic nitrogens is 1. The number of aliphatic hydroxyl groups is 2. The van der Waals surface area contributed by atoms with Crippen molar-refractivity contribution < 1.29 is 15.0 Å². The van der Waals surface area contributed by atoms with E-state index in [9.17, 15) is 15.0 Å². The van der Waals surface area contributed by atoms with Crippen molar-refractivity contribution in [1.29, 1.82) is 0 Å². The second kappa shape index (κ2) is 12.7. The summed E-state index contributed by atoms with van der Waals surface area (Å²) in [6, 6.07) is 3.82. The minimum Gasteiger partial charge on any atom is -0.392 e. The summed E-state index contributed by atoms with van der Waals surface area (Å²) in [7, 11) is 0. The molecule has 5 nitrogen and oxygen atoms in total. The van der Waals surface area contributed by atoms with Crippen molar-refractivity contribution in [2.75, 3.05) is 0 Å². The number of nitrogens with one attached hydrogen (secondary N) is 1. The molecule has 0 saturated heterocycles. The molecule has 1 aromatic heterocycles. The molecule has 0 bridgehead atoms. The normalized spacial score (nSPS) is 25.8. The van der Waals surface area contributed by atoms with Gasteiger partial charge < -0.3 is 15.5 Å². The van der Waals surface area contributed by atoms with Gasteiger partial charge in [0.2, 0.25) is 5.91 Å². The lowest BCUT2D eigenvalue weighted by Crippen LogP contribution is -2.22. The van der Waals surface area contributed by atoms with Crippen molar-refractivity contribution in [3.63, 3.8) is 0 Å². The molecule has 1 amide bonds. The van der Waals surface area contributed by atoms with Crippen molar-refractivity contribution in [2.45, 2.75) is 77.5 Å². The molecule has 6 atom stereocenters. The van der Waals surface area contributed by atoms with E-state index in [4.69, 9.17) is 0 Å². The van der Waals surface area contributed by atoms with Gasteiger partial charge in [-0.15, -0.1) is 11.8 Å². The molecule has 0 radical (unpaired) electrons. The Morgan fingerprint density at radius 3 is 2.88 bits per heavy atom. The van der Waals surface area contributed by atoms with Crippen LogP contribution in [0.15, 0.2) is 48.3 Å². The molecule has 2 aliphatic rings. The summed E-state index contributed by atoms with van der Waals surface area (Å²) < 4.78 is 0. The quantitative estimate of drug-likeness (QED) is 0.268. The number of allylic oxidation sites excluding steroid dienone is 2.